The maximum absolute atomic E-state index is 15.9. The molecule has 3 N–H and O–H groups in total. The Kier molecular flexibility index (Phi) is 8.93. The first-order valence-corrected chi connectivity index (χ1v) is 14.4. The van der Waals surface area contributed by atoms with Gasteiger partial charge in [0.15, 0.2) is 23.1 Å². The van der Waals surface area contributed by atoms with E-state index in [9.17, 15) is 9.36 Å². The van der Waals surface area contributed by atoms with E-state index in [0.29, 0.717) is 12.1 Å². The monoisotopic (exact) mass is 580 g/mol. The minimum atomic E-state index is -4.15. The topological polar surface area (TPSA) is 162 Å². The summed E-state index contributed by atoms with van der Waals surface area (Å²) in [4.78, 5) is 24.9. The van der Waals surface area contributed by atoms with Crippen LogP contribution in [-0.2, 0) is 23.4 Å². The first-order chi connectivity index (χ1) is 18.9. The largest absolute Gasteiger partial charge is 0.476 e. The summed E-state index contributed by atoms with van der Waals surface area (Å²) in [7, 11) is -4.15. The van der Waals surface area contributed by atoms with E-state index in [4.69, 9.17) is 29.0 Å². The van der Waals surface area contributed by atoms with Crippen LogP contribution < -0.4 is 20.1 Å². The molecule has 0 saturated carbocycles. The predicted octanol–water partition coefficient (Wildman–Crippen LogP) is 3.96. The van der Waals surface area contributed by atoms with Crippen LogP contribution in [0.4, 0.5) is 10.3 Å². The zero-order valence-corrected chi connectivity index (χ0v) is 23.8. The number of nitrogens with one attached hydrogen (secondary N) is 1. The Morgan fingerprint density at radius 2 is 2.02 bits per heavy atom. The summed E-state index contributed by atoms with van der Waals surface area (Å²) in [5.41, 5.74) is 4.50. The van der Waals surface area contributed by atoms with Crippen LogP contribution in [0, 0.1) is 0 Å². The molecule has 0 unspecified atom stereocenters. The Bertz CT molecular complexity index is 1370. The van der Waals surface area contributed by atoms with E-state index in [1.807, 2.05) is 0 Å². The molecule has 40 heavy (non-hydrogen) atoms. The molecule has 2 aromatic heterocycles. The molecule has 4 rings (SSSR count). The Morgan fingerprint density at radius 3 is 2.70 bits per heavy atom. The number of esters is 1. The lowest BCUT2D eigenvalue weighted by atomic mass is 10.0. The Hall–Kier alpha value is -3.32. The highest BCUT2D eigenvalue weighted by atomic mass is 31.2. The normalized spacial score (nSPS) is 23.2. The number of aromatic nitrogens is 4. The molecule has 0 aliphatic carbocycles. The molecule has 0 radical (unpaired) electrons. The van der Waals surface area contributed by atoms with Gasteiger partial charge < -0.3 is 24.5 Å². The van der Waals surface area contributed by atoms with E-state index in [1.54, 1.807) is 51.1 Å². The van der Waals surface area contributed by atoms with Crippen molar-refractivity contribution in [2.45, 2.75) is 71.2 Å². The fraction of sp³-hybridized carbons (Fsp3) is 0.520. The van der Waals surface area contributed by atoms with E-state index < -0.39 is 37.8 Å². The van der Waals surface area contributed by atoms with E-state index >= 15 is 4.39 Å². The summed E-state index contributed by atoms with van der Waals surface area (Å²) >= 11 is 0. The standard InChI is InChI=1S/C25H34FN6O7P/c1-6-35-21-19-20(29-24(27)30-21)32(14-28-19)23-25(5,26)12-18(38-23)13-36-40(34,39-17-10-8-7-9-11-17)31-16(4)22(33)37-15(2)3/h7-11,14-16,18,23H,6,12-13H2,1-5H3,(H,31,34)(H2,27,29,30)/t16-,18+,23-,25-,40-/m1/s1. The number of benzene rings is 1. The number of nitrogens with zero attached hydrogens (tertiary/aromatic N) is 4. The highest BCUT2D eigenvalue weighted by Crippen LogP contribution is 2.48. The van der Waals surface area contributed by atoms with Gasteiger partial charge in [0.05, 0.1) is 31.7 Å². The zero-order chi connectivity index (χ0) is 29.1. The third kappa shape index (κ3) is 6.87. The molecule has 3 aromatic rings. The van der Waals surface area contributed by atoms with Crippen LogP contribution >= 0.6 is 7.75 Å². The summed E-state index contributed by atoms with van der Waals surface area (Å²) in [5.74, 6) is -0.275. The van der Waals surface area contributed by atoms with Gasteiger partial charge in [-0.3, -0.25) is 13.9 Å². The maximum atomic E-state index is 15.9. The van der Waals surface area contributed by atoms with Gasteiger partial charge in [-0.25, -0.2) is 13.9 Å². The van der Waals surface area contributed by atoms with Crippen LogP contribution in [0.15, 0.2) is 36.7 Å². The number of hydrogen-bond donors (Lipinski definition) is 2. The van der Waals surface area contributed by atoms with Crippen LogP contribution in [0.1, 0.15) is 47.3 Å². The number of rotatable bonds is 12. The molecule has 218 valence electrons. The van der Waals surface area contributed by atoms with E-state index in [0.717, 1.165) is 0 Å². The van der Waals surface area contributed by atoms with Crippen LogP contribution in [0.25, 0.3) is 11.2 Å². The number of carbonyl (C=O) groups is 1. The molecule has 0 spiro atoms. The number of carbonyl (C=O) groups excluding carboxylic acids is 1. The van der Waals surface area contributed by atoms with Crippen molar-refractivity contribution in [3.8, 4) is 11.6 Å². The number of nitrogen functional groups attached to an aromatic ring is 1. The molecule has 1 aromatic carbocycles. The van der Waals surface area contributed by atoms with Crippen molar-refractivity contribution in [1.29, 1.82) is 0 Å². The van der Waals surface area contributed by atoms with E-state index in [-0.39, 0.29) is 42.4 Å². The van der Waals surface area contributed by atoms with Crippen LogP contribution in [0.3, 0.4) is 0 Å². The number of ether oxygens (including phenoxy) is 3. The van der Waals surface area contributed by atoms with Crippen molar-refractivity contribution in [3.05, 3.63) is 36.7 Å². The lowest BCUT2D eigenvalue weighted by molar-refractivity contribution is -0.149. The quantitative estimate of drug-likeness (QED) is 0.235. The molecular weight excluding hydrogens is 546 g/mol. The fourth-order valence-corrected chi connectivity index (χ4v) is 5.72. The number of imidazole rings is 1. The van der Waals surface area contributed by atoms with Gasteiger partial charge in [0.2, 0.25) is 11.8 Å². The molecule has 0 amide bonds. The average Bonchev–Trinajstić information content (AvgIpc) is 3.42. The minimum absolute atomic E-state index is 0.0636. The van der Waals surface area contributed by atoms with Gasteiger partial charge in [-0.2, -0.15) is 15.1 Å². The summed E-state index contributed by atoms with van der Waals surface area (Å²) < 4.78 is 59.1. The van der Waals surface area contributed by atoms with Gasteiger partial charge in [0.25, 0.3) is 0 Å². The lowest BCUT2D eigenvalue weighted by Gasteiger charge is -2.24. The highest BCUT2D eigenvalue weighted by Gasteiger charge is 2.48. The molecule has 1 aliphatic heterocycles. The van der Waals surface area contributed by atoms with Gasteiger partial charge in [0.1, 0.15) is 11.8 Å². The molecule has 3 heterocycles. The number of halogens is 1. The second kappa shape index (κ2) is 12.0. The average molecular weight is 581 g/mol. The maximum Gasteiger partial charge on any atom is 0.459 e. The summed E-state index contributed by atoms with van der Waals surface area (Å²) in [5, 5.41) is 2.61. The Labute approximate surface area is 231 Å². The Balaban J connectivity index is 1.52. The van der Waals surface area contributed by atoms with Gasteiger partial charge in [0, 0.05) is 6.42 Å². The number of nitrogens with two attached hydrogens (primary N) is 1. The first-order valence-electron chi connectivity index (χ1n) is 12.9. The SMILES string of the molecule is CCOc1nc(N)nc2c1ncn2[C@@H]1O[C@H](CO[P@](=O)(N[C@H](C)C(=O)OC(C)C)Oc2ccccc2)C[C@@]1(C)F. The van der Waals surface area contributed by atoms with Crippen molar-refractivity contribution in [1.82, 2.24) is 24.6 Å². The van der Waals surface area contributed by atoms with Crippen molar-refractivity contribution in [3.63, 3.8) is 0 Å². The molecule has 1 aliphatic rings. The molecule has 0 bridgehead atoms. The summed E-state index contributed by atoms with van der Waals surface area (Å²) in [6, 6.07) is 7.30. The molecule has 1 saturated heterocycles. The zero-order valence-electron chi connectivity index (χ0n) is 22.9. The number of alkyl halides is 1. The van der Waals surface area contributed by atoms with Crippen molar-refractivity contribution in [2.24, 2.45) is 0 Å². The van der Waals surface area contributed by atoms with Gasteiger partial charge in [-0.1, -0.05) is 18.2 Å². The first kappa shape index (κ1) is 29.7. The van der Waals surface area contributed by atoms with Crippen molar-refractivity contribution in [2.75, 3.05) is 18.9 Å². The summed E-state index contributed by atoms with van der Waals surface area (Å²) in [6.45, 7) is 8.05. The fourth-order valence-electron chi connectivity index (χ4n) is 4.20. The van der Waals surface area contributed by atoms with Crippen LogP contribution in [0.2, 0.25) is 0 Å². The third-order valence-electron chi connectivity index (χ3n) is 5.86. The number of anilines is 1. The van der Waals surface area contributed by atoms with E-state index in [1.165, 1.54) is 24.7 Å². The van der Waals surface area contributed by atoms with Gasteiger partial charge in [-0.15, -0.1) is 0 Å². The highest BCUT2D eigenvalue weighted by molar-refractivity contribution is 7.52. The second-order valence-electron chi connectivity index (χ2n) is 9.77. The molecule has 15 heteroatoms. The van der Waals surface area contributed by atoms with Gasteiger partial charge >= 0.3 is 13.7 Å². The smallest absolute Gasteiger partial charge is 0.459 e. The molecule has 13 nitrogen and oxygen atoms in total. The van der Waals surface area contributed by atoms with Gasteiger partial charge in [-0.05, 0) is 46.8 Å². The molecule has 5 atom stereocenters. The summed E-state index contributed by atoms with van der Waals surface area (Å²) in [6.07, 6.45) is -1.10. The van der Waals surface area contributed by atoms with Crippen molar-refractivity contribution < 1.29 is 37.0 Å². The predicted molar refractivity (Wildman–Crippen MR) is 143 cm³/mol. The van der Waals surface area contributed by atoms with E-state index in [2.05, 4.69) is 20.0 Å². The number of fused-ring (bicyclic) bond motifs is 1. The van der Waals surface area contributed by atoms with Crippen molar-refractivity contribution >= 4 is 30.8 Å². The minimum Gasteiger partial charge on any atom is -0.476 e. The number of hydrogen-bond acceptors (Lipinski definition) is 11. The van der Waals surface area contributed by atoms with Crippen LogP contribution in [-0.4, -0.2) is 62.6 Å². The number of para-hydroxylation sites is 1. The van der Waals surface area contributed by atoms with Crippen LogP contribution in [0.5, 0.6) is 11.6 Å². The second-order valence-corrected chi connectivity index (χ2v) is 11.5. The lowest BCUT2D eigenvalue weighted by Crippen LogP contribution is -2.36. The molecular formula is C25H34FN6O7P. The molecule has 1 fully saturated rings. The third-order valence-corrected chi connectivity index (χ3v) is 7.50. The Morgan fingerprint density at radius 1 is 1.30 bits per heavy atom.